The standard InChI is InChI=1S/C46H55N5O6/c1-2-3-4-5-6-7-8-9-10-11-28-47-45(53)37-25-23-36(24-26-37)44-49-42(34-17-14-32(15-18-34)16-27-41(52)48-31-38-13-12-29-56-38)43(50-44)35-21-19-33(20-22-35)39-30-40(46(54)55)57-51-39/h14-27,30,38,40,51H,2-13,28-29,31H2,1H3,(H,47,53)(H,48,52)(H,49,50)(H,54,55). The lowest BCUT2D eigenvalue weighted by Gasteiger charge is -2.09. The minimum atomic E-state index is -1.07. The third kappa shape index (κ3) is 12.0. The first-order valence-corrected chi connectivity index (χ1v) is 20.5. The number of unbranched alkanes of at least 4 members (excludes halogenated alkanes) is 9. The van der Waals surface area contributed by atoms with Gasteiger partial charge < -0.3 is 25.5 Å². The molecule has 11 heteroatoms. The van der Waals surface area contributed by atoms with Gasteiger partial charge >= 0.3 is 5.97 Å². The van der Waals surface area contributed by atoms with Gasteiger partial charge in [0.2, 0.25) is 12.0 Å². The Hall–Kier alpha value is -5.52. The molecule has 0 spiro atoms. The number of hydrogen-bond donors (Lipinski definition) is 5. The largest absolute Gasteiger partial charge is 0.479 e. The van der Waals surface area contributed by atoms with E-state index in [1.54, 1.807) is 6.08 Å². The van der Waals surface area contributed by atoms with E-state index in [0.717, 1.165) is 71.5 Å². The number of carboxylic acids is 1. The summed E-state index contributed by atoms with van der Waals surface area (Å²) in [5.41, 5.74) is 9.63. The molecule has 0 radical (unpaired) electrons. The zero-order valence-corrected chi connectivity index (χ0v) is 32.9. The average molecular weight is 774 g/mol. The molecule has 4 aromatic rings. The molecule has 6 rings (SSSR count). The number of hydroxylamine groups is 1. The maximum absolute atomic E-state index is 12.9. The monoisotopic (exact) mass is 773 g/mol. The molecule has 2 amide bonds. The van der Waals surface area contributed by atoms with Gasteiger partial charge in [-0.2, -0.15) is 0 Å². The van der Waals surface area contributed by atoms with E-state index in [2.05, 4.69) is 28.0 Å². The average Bonchev–Trinajstić information content (AvgIpc) is 4.04. The lowest BCUT2D eigenvalue weighted by atomic mass is 10.0. The van der Waals surface area contributed by atoms with Crippen LogP contribution in [0.5, 0.6) is 0 Å². The molecule has 5 N–H and O–H groups in total. The van der Waals surface area contributed by atoms with Crippen LogP contribution >= 0.6 is 0 Å². The lowest BCUT2D eigenvalue weighted by molar-refractivity contribution is -0.148. The Bertz CT molecular complexity index is 1980. The summed E-state index contributed by atoms with van der Waals surface area (Å²) in [5.74, 6) is -0.671. The number of aromatic nitrogens is 2. The van der Waals surface area contributed by atoms with Crippen molar-refractivity contribution in [2.24, 2.45) is 0 Å². The summed E-state index contributed by atoms with van der Waals surface area (Å²) >= 11 is 0. The van der Waals surface area contributed by atoms with Crippen LogP contribution in [0.2, 0.25) is 0 Å². The van der Waals surface area contributed by atoms with Crippen molar-refractivity contribution in [1.82, 2.24) is 26.1 Å². The maximum atomic E-state index is 12.9. The minimum absolute atomic E-state index is 0.0835. The number of H-pyrrole nitrogens is 1. The number of nitrogens with zero attached hydrogens (tertiary/aromatic N) is 1. The molecule has 57 heavy (non-hydrogen) atoms. The Morgan fingerprint density at radius 3 is 2.11 bits per heavy atom. The Morgan fingerprint density at radius 2 is 1.46 bits per heavy atom. The van der Waals surface area contributed by atoms with Crippen molar-refractivity contribution >= 4 is 29.6 Å². The number of nitrogens with one attached hydrogen (secondary N) is 4. The van der Waals surface area contributed by atoms with Gasteiger partial charge in [-0.3, -0.25) is 19.9 Å². The smallest absolute Gasteiger partial charge is 0.339 e. The predicted molar refractivity (Wildman–Crippen MR) is 224 cm³/mol. The van der Waals surface area contributed by atoms with Gasteiger partial charge in [-0.15, -0.1) is 0 Å². The van der Waals surface area contributed by atoms with Gasteiger partial charge in [-0.05, 0) is 54.7 Å². The zero-order chi connectivity index (χ0) is 39.8. The summed E-state index contributed by atoms with van der Waals surface area (Å²) < 4.78 is 5.59. The second kappa shape index (κ2) is 21.1. The summed E-state index contributed by atoms with van der Waals surface area (Å²) in [6, 6.07) is 23.0. The van der Waals surface area contributed by atoms with E-state index >= 15 is 0 Å². The van der Waals surface area contributed by atoms with E-state index < -0.39 is 12.1 Å². The first-order valence-electron chi connectivity index (χ1n) is 20.5. The fraction of sp³-hybridized carbons (Fsp3) is 0.391. The molecular formula is C46H55N5O6. The summed E-state index contributed by atoms with van der Waals surface area (Å²) in [7, 11) is 0. The minimum Gasteiger partial charge on any atom is -0.479 e. The highest BCUT2D eigenvalue weighted by Crippen LogP contribution is 2.34. The number of benzene rings is 3. The van der Waals surface area contributed by atoms with Gasteiger partial charge in [0.25, 0.3) is 5.91 Å². The predicted octanol–water partition coefficient (Wildman–Crippen LogP) is 8.70. The van der Waals surface area contributed by atoms with Crippen molar-refractivity contribution in [1.29, 1.82) is 0 Å². The van der Waals surface area contributed by atoms with Crippen LogP contribution < -0.4 is 16.1 Å². The van der Waals surface area contributed by atoms with Gasteiger partial charge in [-0.1, -0.05) is 125 Å². The van der Waals surface area contributed by atoms with Crippen molar-refractivity contribution in [3.63, 3.8) is 0 Å². The summed E-state index contributed by atoms with van der Waals surface area (Å²) in [6.07, 6.45) is 18.4. The molecule has 0 aliphatic carbocycles. The number of hydrogen-bond acceptors (Lipinski definition) is 7. The Morgan fingerprint density at radius 1 is 0.807 bits per heavy atom. The third-order valence-corrected chi connectivity index (χ3v) is 10.4. The van der Waals surface area contributed by atoms with Gasteiger partial charge in [0.1, 0.15) is 5.82 Å². The highest BCUT2D eigenvalue weighted by molar-refractivity contribution is 5.95. The molecule has 2 aliphatic heterocycles. The molecule has 2 aliphatic rings. The normalized spacial score (nSPS) is 16.4. The van der Waals surface area contributed by atoms with Crippen LogP contribution in [0.25, 0.3) is 45.7 Å². The number of carbonyl (C=O) groups excluding carboxylic acids is 2. The van der Waals surface area contributed by atoms with Crippen molar-refractivity contribution in [3.8, 4) is 33.9 Å². The van der Waals surface area contributed by atoms with Gasteiger partial charge in [0, 0.05) is 48.0 Å². The summed E-state index contributed by atoms with van der Waals surface area (Å²) in [6.45, 7) is 4.17. The molecule has 1 aromatic heterocycles. The zero-order valence-electron chi connectivity index (χ0n) is 32.9. The highest BCUT2D eigenvalue weighted by atomic mass is 16.7. The molecular weight excluding hydrogens is 719 g/mol. The number of carboxylic acid groups (broad SMARTS) is 1. The molecule has 3 heterocycles. The van der Waals surface area contributed by atoms with Crippen LogP contribution in [-0.2, 0) is 19.2 Å². The number of rotatable bonds is 21. The Kier molecular flexibility index (Phi) is 15.2. The molecule has 1 fully saturated rings. The quantitative estimate of drug-likeness (QED) is 0.0416. The van der Waals surface area contributed by atoms with E-state index in [1.165, 1.54) is 63.5 Å². The van der Waals surface area contributed by atoms with Crippen molar-refractivity contribution in [2.45, 2.75) is 96.2 Å². The van der Waals surface area contributed by atoms with Crippen LogP contribution in [0, 0.1) is 0 Å². The third-order valence-electron chi connectivity index (χ3n) is 10.4. The highest BCUT2D eigenvalue weighted by Gasteiger charge is 2.24. The van der Waals surface area contributed by atoms with E-state index in [-0.39, 0.29) is 17.9 Å². The summed E-state index contributed by atoms with van der Waals surface area (Å²) in [4.78, 5) is 50.4. The fourth-order valence-electron chi connectivity index (χ4n) is 7.07. The van der Waals surface area contributed by atoms with Crippen LogP contribution in [0.3, 0.4) is 0 Å². The van der Waals surface area contributed by atoms with Gasteiger partial charge in [-0.25, -0.2) is 9.78 Å². The van der Waals surface area contributed by atoms with Gasteiger partial charge in [0.05, 0.1) is 23.2 Å². The first kappa shape index (κ1) is 41.1. The SMILES string of the molecule is CCCCCCCCCCCCNC(=O)c1ccc(-c2nc(-c3ccc(C4=CC(C(=O)O)ON4)cc3)c(-c3ccc(C=CC(=O)NCC4CCCO4)cc3)[nH]2)cc1. The first-order chi connectivity index (χ1) is 27.9. The molecule has 2 unspecified atom stereocenters. The number of amides is 2. The van der Waals surface area contributed by atoms with E-state index in [1.807, 2.05) is 72.8 Å². The fourth-order valence-corrected chi connectivity index (χ4v) is 7.07. The van der Waals surface area contributed by atoms with E-state index in [9.17, 15) is 19.5 Å². The van der Waals surface area contributed by atoms with Crippen molar-refractivity contribution < 1.29 is 29.1 Å². The summed E-state index contributed by atoms with van der Waals surface area (Å²) in [5, 5.41) is 15.3. The molecule has 3 aromatic carbocycles. The molecule has 1 saturated heterocycles. The topological polar surface area (TPSA) is 155 Å². The molecule has 11 nitrogen and oxygen atoms in total. The number of carbonyl (C=O) groups is 3. The maximum Gasteiger partial charge on any atom is 0.339 e. The van der Waals surface area contributed by atoms with Crippen LogP contribution in [0.4, 0.5) is 0 Å². The Balaban J connectivity index is 1.12. The second-order valence-corrected chi connectivity index (χ2v) is 14.8. The van der Waals surface area contributed by atoms with Crippen LogP contribution in [0.15, 0.2) is 84.9 Å². The number of aromatic amines is 1. The van der Waals surface area contributed by atoms with Gasteiger partial charge in [0.15, 0.2) is 0 Å². The number of ether oxygens (including phenoxy) is 1. The number of imidazole rings is 1. The molecule has 2 atom stereocenters. The Labute approximate surface area is 335 Å². The lowest BCUT2D eigenvalue weighted by Crippen LogP contribution is -2.30. The molecule has 0 bridgehead atoms. The molecule has 0 saturated carbocycles. The second-order valence-electron chi connectivity index (χ2n) is 14.8. The van der Waals surface area contributed by atoms with Crippen LogP contribution in [-0.4, -0.2) is 64.8 Å². The van der Waals surface area contributed by atoms with Crippen molar-refractivity contribution in [2.75, 3.05) is 19.7 Å². The molecule has 300 valence electrons. The van der Waals surface area contributed by atoms with Crippen LogP contribution in [0.1, 0.15) is 105 Å². The van der Waals surface area contributed by atoms with E-state index in [0.29, 0.717) is 30.2 Å². The van der Waals surface area contributed by atoms with E-state index in [4.69, 9.17) is 14.6 Å². The van der Waals surface area contributed by atoms with Crippen molar-refractivity contribution in [3.05, 3.63) is 102 Å². The number of aliphatic carboxylic acids is 1.